The van der Waals surface area contributed by atoms with E-state index in [-0.39, 0.29) is 23.8 Å². The van der Waals surface area contributed by atoms with Gasteiger partial charge in [0.15, 0.2) is 0 Å². The molecule has 5 nitrogen and oxygen atoms in total. The molecule has 1 aromatic heterocycles. The van der Waals surface area contributed by atoms with E-state index in [9.17, 15) is 9.59 Å². The highest BCUT2D eigenvalue weighted by Gasteiger charge is 2.19. The van der Waals surface area contributed by atoms with Gasteiger partial charge in [-0.3, -0.25) is 14.6 Å². The van der Waals surface area contributed by atoms with E-state index in [0.717, 1.165) is 5.69 Å². The van der Waals surface area contributed by atoms with E-state index in [1.807, 2.05) is 36.4 Å². The van der Waals surface area contributed by atoms with Gasteiger partial charge in [0.2, 0.25) is 5.91 Å². The SMILES string of the molecule is CC(C)C(NC(=O)CCCNC(=O)c1ccccc1)c1ccccn1. The molecular weight excluding hydrogens is 314 g/mol. The number of nitrogens with one attached hydrogen (secondary N) is 2. The zero-order valence-corrected chi connectivity index (χ0v) is 14.7. The van der Waals surface area contributed by atoms with Gasteiger partial charge in [-0.05, 0) is 36.6 Å². The molecule has 0 fully saturated rings. The Kier molecular flexibility index (Phi) is 7.14. The van der Waals surface area contributed by atoms with Crippen molar-refractivity contribution in [1.29, 1.82) is 0 Å². The van der Waals surface area contributed by atoms with Crippen LogP contribution < -0.4 is 10.6 Å². The minimum atomic E-state index is -0.116. The summed E-state index contributed by atoms with van der Waals surface area (Å²) in [7, 11) is 0. The normalized spacial score (nSPS) is 11.8. The zero-order valence-electron chi connectivity index (χ0n) is 14.7. The highest BCUT2D eigenvalue weighted by Crippen LogP contribution is 2.19. The Morgan fingerprint density at radius 2 is 1.76 bits per heavy atom. The number of carbonyl (C=O) groups excluding carboxylic acids is 2. The molecule has 1 unspecified atom stereocenters. The lowest BCUT2D eigenvalue weighted by atomic mass is 10.00. The molecule has 0 aliphatic rings. The van der Waals surface area contributed by atoms with Crippen molar-refractivity contribution in [2.24, 2.45) is 5.92 Å². The molecule has 132 valence electrons. The molecule has 1 atom stereocenters. The van der Waals surface area contributed by atoms with Gasteiger partial charge in [0.1, 0.15) is 0 Å². The second-order valence-electron chi connectivity index (χ2n) is 6.27. The fraction of sp³-hybridized carbons (Fsp3) is 0.350. The summed E-state index contributed by atoms with van der Waals surface area (Å²) >= 11 is 0. The van der Waals surface area contributed by atoms with Gasteiger partial charge in [0.25, 0.3) is 5.91 Å². The van der Waals surface area contributed by atoms with Gasteiger partial charge >= 0.3 is 0 Å². The van der Waals surface area contributed by atoms with Crippen molar-refractivity contribution < 1.29 is 9.59 Å². The van der Waals surface area contributed by atoms with Crippen molar-refractivity contribution in [2.45, 2.75) is 32.7 Å². The number of carbonyl (C=O) groups is 2. The molecule has 0 aliphatic heterocycles. The monoisotopic (exact) mass is 339 g/mol. The van der Waals surface area contributed by atoms with Crippen molar-refractivity contribution in [2.75, 3.05) is 6.54 Å². The van der Waals surface area contributed by atoms with E-state index < -0.39 is 0 Å². The van der Waals surface area contributed by atoms with Crippen LogP contribution in [0.4, 0.5) is 0 Å². The van der Waals surface area contributed by atoms with E-state index in [1.165, 1.54) is 0 Å². The maximum Gasteiger partial charge on any atom is 0.251 e. The molecule has 25 heavy (non-hydrogen) atoms. The van der Waals surface area contributed by atoms with Crippen LogP contribution in [-0.4, -0.2) is 23.3 Å². The zero-order chi connectivity index (χ0) is 18.1. The topological polar surface area (TPSA) is 71.1 Å². The predicted octanol–water partition coefficient (Wildman–Crippen LogP) is 3.11. The summed E-state index contributed by atoms with van der Waals surface area (Å²) in [6.45, 7) is 4.58. The number of benzene rings is 1. The van der Waals surface area contributed by atoms with Crippen molar-refractivity contribution in [1.82, 2.24) is 15.6 Å². The van der Waals surface area contributed by atoms with Crippen LogP contribution in [0.5, 0.6) is 0 Å². The Labute approximate surface area is 148 Å². The van der Waals surface area contributed by atoms with E-state index in [4.69, 9.17) is 0 Å². The van der Waals surface area contributed by atoms with Gasteiger partial charge in [-0.2, -0.15) is 0 Å². The smallest absolute Gasteiger partial charge is 0.251 e. The summed E-state index contributed by atoms with van der Waals surface area (Å²) < 4.78 is 0. The lowest BCUT2D eigenvalue weighted by Gasteiger charge is -2.22. The van der Waals surface area contributed by atoms with Crippen molar-refractivity contribution in [3.8, 4) is 0 Å². The summed E-state index contributed by atoms with van der Waals surface area (Å²) in [5, 5.41) is 5.87. The first-order valence-corrected chi connectivity index (χ1v) is 8.61. The van der Waals surface area contributed by atoms with Gasteiger partial charge < -0.3 is 10.6 Å². The Balaban J connectivity index is 1.75. The molecule has 0 aliphatic carbocycles. The number of nitrogens with zero attached hydrogens (tertiary/aromatic N) is 1. The first-order chi connectivity index (χ1) is 12.1. The summed E-state index contributed by atoms with van der Waals surface area (Å²) in [5.74, 6) is 0.101. The highest BCUT2D eigenvalue weighted by molar-refractivity contribution is 5.94. The Morgan fingerprint density at radius 3 is 2.40 bits per heavy atom. The van der Waals surface area contributed by atoms with Gasteiger partial charge in [0.05, 0.1) is 11.7 Å². The number of hydrogen-bond donors (Lipinski definition) is 2. The maximum atomic E-state index is 12.2. The van der Waals surface area contributed by atoms with Crippen LogP contribution in [0.15, 0.2) is 54.7 Å². The van der Waals surface area contributed by atoms with E-state index in [2.05, 4.69) is 29.5 Å². The van der Waals surface area contributed by atoms with Crippen LogP contribution in [-0.2, 0) is 4.79 Å². The Morgan fingerprint density at radius 1 is 1.04 bits per heavy atom. The van der Waals surface area contributed by atoms with Crippen molar-refractivity contribution >= 4 is 11.8 Å². The average Bonchev–Trinajstić information content (AvgIpc) is 2.64. The molecule has 2 amide bonds. The summed E-state index contributed by atoms with van der Waals surface area (Å²) in [5.41, 5.74) is 1.49. The molecular formula is C20H25N3O2. The number of aromatic nitrogens is 1. The number of hydrogen-bond acceptors (Lipinski definition) is 3. The minimum absolute atomic E-state index is 0.0293. The molecule has 1 aromatic carbocycles. The van der Waals surface area contributed by atoms with E-state index >= 15 is 0 Å². The predicted molar refractivity (Wildman–Crippen MR) is 98.0 cm³/mol. The Bertz CT molecular complexity index is 672. The first kappa shape index (κ1) is 18.6. The molecule has 2 N–H and O–H groups in total. The fourth-order valence-electron chi connectivity index (χ4n) is 2.53. The maximum absolute atomic E-state index is 12.2. The van der Waals surface area contributed by atoms with E-state index in [1.54, 1.807) is 18.3 Å². The third kappa shape index (κ3) is 6.03. The van der Waals surface area contributed by atoms with Gasteiger partial charge in [-0.25, -0.2) is 0 Å². The fourth-order valence-corrected chi connectivity index (χ4v) is 2.53. The van der Waals surface area contributed by atoms with Crippen LogP contribution in [0, 0.1) is 5.92 Å². The molecule has 1 heterocycles. The third-order valence-corrected chi connectivity index (χ3v) is 3.89. The van der Waals surface area contributed by atoms with Gasteiger partial charge in [-0.1, -0.05) is 38.1 Å². The third-order valence-electron chi connectivity index (χ3n) is 3.89. The quantitative estimate of drug-likeness (QED) is 0.726. The standard InChI is InChI=1S/C20H25N3O2/c1-15(2)19(17-11-6-7-13-21-17)23-18(24)12-8-14-22-20(25)16-9-4-3-5-10-16/h3-7,9-11,13,15,19H,8,12,14H2,1-2H3,(H,22,25)(H,23,24). The first-order valence-electron chi connectivity index (χ1n) is 8.61. The van der Waals surface area contributed by atoms with E-state index in [0.29, 0.717) is 24.9 Å². The number of pyridine rings is 1. The van der Waals surface area contributed by atoms with Crippen LogP contribution in [0.1, 0.15) is 48.8 Å². The lowest BCUT2D eigenvalue weighted by Crippen LogP contribution is -2.33. The van der Waals surface area contributed by atoms with Crippen molar-refractivity contribution in [3.63, 3.8) is 0 Å². The summed E-state index contributed by atoms with van der Waals surface area (Å²) in [6.07, 6.45) is 2.69. The van der Waals surface area contributed by atoms with Crippen LogP contribution in [0.2, 0.25) is 0 Å². The number of rotatable bonds is 8. The molecule has 2 aromatic rings. The molecule has 2 rings (SSSR count). The highest BCUT2D eigenvalue weighted by atomic mass is 16.2. The molecule has 0 saturated heterocycles. The molecule has 0 spiro atoms. The average molecular weight is 339 g/mol. The Hall–Kier alpha value is -2.69. The second kappa shape index (κ2) is 9.57. The molecule has 0 saturated carbocycles. The van der Waals surface area contributed by atoms with Crippen LogP contribution in [0.3, 0.4) is 0 Å². The largest absolute Gasteiger partial charge is 0.352 e. The summed E-state index contributed by atoms with van der Waals surface area (Å²) in [6, 6.07) is 14.6. The summed E-state index contributed by atoms with van der Waals surface area (Å²) in [4.78, 5) is 28.5. The van der Waals surface area contributed by atoms with Crippen LogP contribution >= 0.6 is 0 Å². The lowest BCUT2D eigenvalue weighted by molar-refractivity contribution is -0.122. The molecule has 5 heteroatoms. The number of amides is 2. The van der Waals surface area contributed by atoms with Gasteiger partial charge in [0, 0.05) is 24.7 Å². The van der Waals surface area contributed by atoms with Crippen molar-refractivity contribution in [3.05, 3.63) is 66.0 Å². The molecule has 0 bridgehead atoms. The minimum Gasteiger partial charge on any atom is -0.352 e. The van der Waals surface area contributed by atoms with Crippen LogP contribution in [0.25, 0.3) is 0 Å². The molecule has 0 radical (unpaired) electrons. The van der Waals surface area contributed by atoms with Gasteiger partial charge in [-0.15, -0.1) is 0 Å². The second-order valence-corrected chi connectivity index (χ2v) is 6.27.